The molecule has 0 N–H and O–H groups in total. The van der Waals surface area contributed by atoms with E-state index in [1.807, 2.05) is 7.11 Å². The molecule has 0 bridgehead atoms. The van der Waals surface area contributed by atoms with Crippen LogP contribution in [0.4, 0.5) is 0 Å². The minimum absolute atomic E-state index is 0.459. The zero-order valence-corrected chi connectivity index (χ0v) is 10.8. The molecule has 1 aliphatic rings. The van der Waals surface area contributed by atoms with Gasteiger partial charge in [-0.05, 0) is 44.3 Å². The Morgan fingerprint density at radius 1 is 1.29 bits per heavy atom. The van der Waals surface area contributed by atoms with Crippen LogP contribution in [-0.2, 0) is 11.2 Å². The van der Waals surface area contributed by atoms with Gasteiger partial charge in [0.1, 0.15) is 0 Å². The van der Waals surface area contributed by atoms with Gasteiger partial charge in [0.05, 0.1) is 6.10 Å². The van der Waals surface area contributed by atoms with Crippen LogP contribution in [0.25, 0.3) is 0 Å². The summed E-state index contributed by atoms with van der Waals surface area (Å²) in [6.45, 7) is 3.56. The molecule has 0 radical (unpaired) electrons. The second-order valence-corrected chi connectivity index (χ2v) is 4.89. The lowest BCUT2D eigenvalue weighted by Gasteiger charge is -2.31. The van der Waals surface area contributed by atoms with Gasteiger partial charge in [-0.25, -0.2) is 0 Å². The molecule has 0 amide bonds. The summed E-state index contributed by atoms with van der Waals surface area (Å²) in [6.07, 6.45) is 5.41. The van der Waals surface area contributed by atoms with E-state index >= 15 is 0 Å². The fraction of sp³-hybridized carbons (Fsp3) is 0.600. The van der Waals surface area contributed by atoms with Crippen molar-refractivity contribution >= 4 is 0 Å². The van der Waals surface area contributed by atoms with Gasteiger partial charge in [0.25, 0.3) is 0 Å². The summed E-state index contributed by atoms with van der Waals surface area (Å²) in [5.74, 6) is 0. The maximum atomic E-state index is 5.44. The fourth-order valence-electron chi connectivity index (χ4n) is 2.56. The third kappa shape index (κ3) is 4.14. The van der Waals surface area contributed by atoms with E-state index in [1.165, 1.54) is 44.3 Å². The van der Waals surface area contributed by atoms with E-state index in [9.17, 15) is 0 Å². The number of hydrogen-bond donors (Lipinski definition) is 0. The molecule has 1 aromatic rings. The van der Waals surface area contributed by atoms with Gasteiger partial charge in [-0.2, -0.15) is 0 Å². The van der Waals surface area contributed by atoms with Crippen molar-refractivity contribution in [2.75, 3.05) is 26.7 Å². The van der Waals surface area contributed by atoms with E-state index < -0.39 is 0 Å². The second kappa shape index (κ2) is 6.77. The van der Waals surface area contributed by atoms with Crippen molar-refractivity contribution in [3.05, 3.63) is 35.9 Å². The number of rotatable bonds is 5. The number of methoxy groups -OCH3 is 1. The number of likely N-dealkylation sites (tertiary alicyclic amines) is 1. The lowest BCUT2D eigenvalue weighted by molar-refractivity contribution is 0.0311. The maximum absolute atomic E-state index is 5.44. The molecule has 0 aromatic heterocycles. The topological polar surface area (TPSA) is 12.5 Å². The molecule has 1 atom stereocenters. The van der Waals surface area contributed by atoms with E-state index in [-0.39, 0.29) is 0 Å². The van der Waals surface area contributed by atoms with Crippen LogP contribution in [0.15, 0.2) is 30.3 Å². The number of benzene rings is 1. The van der Waals surface area contributed by atoms with Gasteiger partial charge in [0, 0.05) is 13.7 Å². The van der Waals surface area contributed by atoms with Crippen LogP contribution in [0.2, 0.25) is 0 Å². The van der Waals surface area contributed by atoms with Crippen molar-refractivity contribution in [3.8, 4) is 0 Å². The van der Waals surface area contributed by atoms with Crippen LogP contribution in [0.1, 0.15) is 24.8 Å². The third-order valence-corrected chi connectivity index (χ3v) is 3.58. The third-order valence-electron chi connectivity index (χ3n) is 3.58. The van der Waals surface area contributed by atoms with Gasteiger partial charge in [0.2, 0.25) is 0 Å². The first kappa shape index (κ1) is 12.6. The van der Waals surface area contributed by atoms with Crippen LogP contribution in [-0.4, -0.2) is 37.7 Å². The highest BCUT2D eigenvalue weighted by molar-refractivity contribution is 5.14. The molecule has 1 unspecified atom stereocenters. The first-order chi connectivity index (χ1) is 8.38. The number of piperidine rings is 1. The summed E-state index contributed by atoms with van der Waals surface area (Å²) < 4.78 is 5.44. The van der Waals surface area contributed by atoms with Gasteiger partial charge in [-0.15, -0.1) is 0 Å². The Bertz CT molecular complexity index is 312. The quantitative estimate of drug-likeness (QED) is 0.775. The van der Waals surface area contributed by atoms with E-state index in [2.05, 4.69) is 35.2 Å². The molecule has 17 heavy (non-hydrogen) atoms. The Balaban J connectivity index is 1.68. The molecule has 94 valence electrons. The first-order valence-corrected chi connectivity index (χ1v) is 6.67. The Morgan fingerprint density at radius 2 is 2.12 bits per heavy atom. The summed E-state index contributed by atoms with van der Waals surface area (Å²) in [4.78, 5) is 2.54. The molecule has 2 nitrogen and oxygen atoms in total. The SMILES string of the molecule is COC1CCCN(CCCc2ccccc2)C1. The Labute approximate surface area is 105 Å². The zero-order chi connectivity index (χ0) is 11.9. The molecule has 2 heteroatoms. The standard InChI is InChI=1S/C15H23NO/c1-17-15-10-6-12-16(13-15)11-5-9-14-7-3-2-4-8-14/h2-4,7-8,15H,5-6,9-13H2,1H3. The number of hydrogen-bond acceptors (Lipinski definition) is 2. The van der Waals surface area contributed by atoms with Gasteiger partial charge in [-0.1, -0.05) is 30.3 Å². The number of nitrogens with zero attached hydrogens (tertiary/aromatic N) is 1. The Morgan fingerprint density at radius 3 is 2.88 bits per heavy atom. The van der Waals surface area contributed by atoms with Gasteiger partial charge >= 0.3 is 0 Å². The normalized spacial score (nSPS) is 21.6. The van der Waals surface area contributed by atoms with Crippen LogP contribution in [0.5, 0.6) is 0 Å². The zero-order valence-electron chi connectivity index (χ0n) is 10.8. The molecule has 0 aliphatic carbocycles. The minimum atomic E-state index is 0.459. The van der Waals surface area contributed by atoms with Crippen LogP contribution in [0, 0.1) is 0 Å². The maximum Gasteiger partial charge on any atom is 0.0698 e. The van der Waals surface area contributed by atoms with E-state index in [1.54, 1.807) is 0 Å². The van der Waals surface area contributed by atoms with Crippen molar-refractivity contribution < 1.29 is 4.74 Å². The van der Waals surface area contributed by atoms with E-state index in [4.69, 9.17) is 4.74 Å². The predicted molar refractivity (Wildman–Crippen MR) is 71.2 cm³/mol. The molecule has 0 saturated carbocycles. The van der Waals surface area contributed by atoms with Gasteiger partial charge in [-0.3, -0.25) is 0 Å². The number of aryl methyl sites for hydroxylation is 1. The molecule has 1 aromatic carbocycles. The molecule has 1 saturated heterocycles. The lowest BCUT2D eigenvalue weighted by atomic mass is 10.1. The smallest absolute Gasteiger partial charge is 0.0698 e. The average Bonchev–Trinajstić information content (AvgIpc) is 2.40. The number of ether oxygens (including phenoxy) is 1. The molecule has 0 spiro atoms. The monoisotopic (exact) mass is 233 g/mol. The van der Waals surface area contributed by atoms with Gasteiger partial charge < -0.3 is 9.64 Å². The minimum Gasteiger partial charge on any atom is -0.380 e. The largest absolute Gasteiger partial charge is 0.380 e. The molecule has 1 heterocycles. The van der Waals surface area contributed by atoms with E-state index in [0.717, 1.165) is 6.54 Å². The Hall–Kier alpha value is -0.860. The fourth-order valence-corrected chi connectivity index (χ4v) is 2.56. The van der Waals surface area contributed by atoms with Crippen LogP contribution < -0.4 is 0 Å². The highest BCUT2D eigenvalue weighted by atomic mass is 16.5. The second-order valence-electron chi connectivity index (χ2n) is 4.89. The van der Waals surface area contributed by atoms with Crippen molar-refractivity contribution in [2.24, 2.45) is 0 Å². The van der Waals surface area contributed by atoms with Crippen LogP contribution in [0.3, 0.4) is 0 Å². The molecular formula is C15H23NO. The molecule has 2 rings (SSSR count). The molecule has 1 fully saturated rings. The summed E-state index contributed by atoms with van der Waals surface area (Å²) >= 11 is 0. The summed E-state index contributed by atoms with van der Waals surface area (Å²) in [5, 5.41) is 0. The Kier molecular flexibility index (Phi) is 5.02. The highest BCUT2D eigenvalue weighted by Gasteiger charge is 2.18. The summed E-state index contributed by atoms with van der Waals surface area (Å²) in [5.41, 5.74) is 1.45. The van der Waals surface area contributed by atoms with Gasteiger partial charge in [0.15, 0.2) is 0 Å². The lowest BCUT2D eigenvalue weighted by Crippen LogP contribution is -2.39. The van der Waals surface area contributed by atoms with Crippen molar-refractivity contribution in [3.63, 3.8) is 0 Å². The highest BCUT2D eigenvalue weighted by Crippen LogP contribution is 2.13. The predicted octanol–water partition coefficient (Wildman–Crippen LogP) is 2.73. The van der Waals surface area contributed by atoms with Crippen molar-refractivity contribution in [1.29, 1.82) is 0 Å². The van der Waals surface area contributed by atoms with E-state index in [0.29, 0.717) is 6.10 Å². The molecular weight excluding hydrogens is 210 g/mol. The van der Waals surface area contributed by atoms with Crippen molar-refractivity contribution in [1.82, 2.24) is 4.90 Å². The summed E-state index contributed by atoms with van der Waals surface area (Å²) in [6, 6.07) is 10.8. The van der Waals surface area contributed by atoms with Crippen molar-refractivity contribution in [2.45, 2.75) is 31.8 Å². The average molecular weight is 233 g/mol. The first-order valence-electron chi connectivity index (χ1n) is 6.67. The summed E-state index contributed by atoms with van der Waals surface area (Å²) in [7, 11) is 1.83. The molecule has 1 aliphatic heterocycles. The van der Waals surface area contributed by atoms with Crippen LogP contribution >= 0.6 is 0 Å².